The standard InChI is InChI=1S/C15H23ClN2/c1-3-14(17)15(18(4-2)13-9-10-13)11-5-7-12(16)8-6-11/h5-8,13-15H,3-4,9-10,17H2,1-2H3. The second-order valence-electron chi connectivity index (χ2n) is 5.13. The third-order valence-corrected chi connectivity index (χ3v) is 4.08. The van der Waals surface area contributed by atoms with Crippen molar-refractivity contribution in [3.63, 3.8) is 0 Å². The molecular formula is C15H23ClN2. The van der Waals surface area contributed by atoms with Crippen LogP contribution < -0.4 is 5.73 Å². The first-order valence-corrected chi connectivity index (χ1v) is 7.32. The number of nitrogens with zero attached hydrogens (tertiary/aromatic N) is 1. The van der Waals surface area contributed by atoms with E-state index in [1.807, 2.05) is 12.1 Å². The maximum Gasteiger partial charge on any atom is 0.0501 e. The van der Waals surface area contributed by atoms with Gasteiger partial charge in [0.1, 0.15) is 0 Å². The number of benzene rings is 1. The molecule has 1 aromatic rings. The lowest BCUT2D eigenvalue weighted by Gasteiger charge is -2.35. The van der Waals surface area contributed by atoms with Gasteiger partial charge in [-0.15, -0.1) is 0 Å². The lowest BCUT2D eigenvalue weighted by molar-refractivity contribution is 0.168. The molecule has 1 aliphatic carbocycles. The van der Waals surface area contributed by atoms with E-state index in [-0.39, 0.29) is 6.04 Å². The van der Waals surface area contributed by atoms with Crippen molar-refractivity contribution in [2.24, 2.45) is 5.73 Å². The maximum absolute atomic E-state index is 6.35. The van der Waals surface area contributed by atoms with Gasteiger partial charge in [-0.2, -0.15) is 0 Å². The molecule has 1 aromatic carbocycles. The first kappa shape index (κ1) is 13.9. The van der Waals surface area contributed by atoms with Crippen LogP contribution in [0.4, 0.5) is 0 Å². The van der Waals surface area contributed by atoms with Gasteiger partial charge in [0, 0.05) is 17.1 Å². The number of likely N-dealkylation sites (N-methyl/N-ethyl adjacent to an activating group) is 1. The summed E-state index contributed by atoms with van der Waals surface area (Å²) in [6.07, 6.45) is 3.62. The average Bonchev–Trinajstić information content (AvgIpc) is 3.21. The van der Waals surface area contributed by atoms with Crippen LogP contribution in [0.15, 0.2) is 24.3 Å². The van der Waals surface area contributed by atoms with Gasteiger partial charge in [0.15, 0.2) is 0 Å². The zero-order valence-electron chi connectivity index (χ0n) is 11.3. The quantitative estimate of drug-likeness (QED) is 0.852. The Hall–Kier alpha value is -0.570. The fraction of sp³-hybridized carbons (Fsp3) is 0.600. The van der Waals surface area contributed by atoms with Crippen molar-refractivity contribution in [2.75, 3.05) is 6.54 Å². The minimum atomic E-state index is 0.187. The molecule has 0 heterocycles. The van der Waals surface area contributed by atoms with Crippen LogP contribution in [0.1, 0.15) is 44.7 Å². The van der Waals surface area contributed by atoms with Crippen molar-refractivity contribution in [3.05, 3.63) is 34.9 Å². The van der Waals surface area contributed by atoms with Crippen LogP contribution in [0.25, 0.3) is 0 Å². The Morgan fingerprint density at radius 3 is 2.33 bits per heavy atom. The Kier molecular flexibility index (Phi) is 4.66. The van der Waals surface area contributed by atoms with Crippen molar-refractivity contribution >= 4 is 11.6 Å². The molecule has 0 amide bonds. The summed E-state index contributed by atoms with van der Waals surface area (Å²) < 4.78 is 0. The van der Waals surface area contributed by atoms with Gasteiger partial charge in [-0.25, -0.2) is 0 Å². The molecule has 3 heteroatoms. The van der Waals surface area contributed by atoms with E-state index in [1.54, 1.807) is 0 Å². The highest BCUT2D eigenvalue weighted by atomic mass is 35.5. The fourth-order valence-corrected chi connectivity index (χ4v) is 2.78. The lowest BCUT2D eigenvalue weighted by Crippen LogP contribution is -2.42. The summed E-state index contributed by atoms with van der Waals surface area (Å²) in [6.45, 7) is 5.45. The summed E-state index contributed by atoms with van der Waals surface area (Å²) in [5.41, 5.74) is 7.65. The highest BCUT2D eigenvalue weighted by Crippen LogP contribution is 2.36. The number of hydrogen-bond acceptors (Lipinski definition) is 2. The van der Waals surface area contributed by atoms with Crippen molar-refractivity contribution in [3.8, 4) is 0 Å². The topological polar surface area (TPSA) is 29.3 Å². The van der Waals surface area contributed by atoms with E-state index in [0.717, 1.165) is 24.0 Å². The molecule has 0 saturated heterocycles. The van der Waals surface area contributed by atoms with Crippen LogP contribution in [-0.2, 0) is 0 Å². The van der Waals surface area contributed by atoms with Crippen molar-refractivity contribution in [1.82, 2.24) is 4.90 Å². The third-order valence-electron chi connectivity index (χ3n) is 3.83. The predicted molar refractivity (Wildman–Crippen MR) is 77.9 cm³/mol. The molecule has 2 nitrogen and oxygen atoms in total. The van der Waals surface area contributed by atoms with Gasteiger partial charge in [-0.05, 0) is 43.5 Å². The minimum absolute atomic E-state index is 0.187. The van der Waals surface area contributed by atoms with Crippen LogP contribution in [0, 0.1) is 0 Å². The Morgan fingerprint density at radius 1 is 1.28 bits per heavy atom. The summed E-state index contributed by atoms with van der Waals surface area (Å²) in [7, 11) is 0. The molecular weight excluding hydrogens is 244 g/mol. The Labute approximate surface area is 115 Å². The van der Waals surface area contributed by atoms with Gasteiger partial charge in [0.25, 0.3) is 0 Å². The van der Waals surface area contributed by atoms with E-state index in [9.17, 15) is 0 Å². The lowest BCUT2D eigenvalue weighted by atomic mass is 9.96. The Balaban J connectivity index is 2.25. The molecule has 0 spiro atoms. The molecule has 1 saturated carbocycles. The van der Waals surface area contributed by atoms with Crippen LogP contribution in [-0.4, -0.2) is 23.5 Å². The van der Waals surface area contributed by atoms with Crippen LogP contribution in [0.2, 0.25) is 5.02 Å². The fourth-order valence-electron chi connectivity index (χ4n) is 2.66. The number of nitrogens with two attached hydrogens (primary N) is 1. The van der Waals surface area contributed by atoms with Crippen LogP contribution in [0.3, 0.4) is 0 Å². The van der Waals surface area contributed by atoms with E-state index >= 15 is 0 Å². The monoisotopic (exact) mass is 266 g/mol. The van der Waals surface area contributed by atoms with Crippen molar-refractivity contribution in [2.45, 2.75) is 51.2 Å². The molecule has 100 valence electrons. The van der Waals surface area contributed by atoms with E-state index < -0.39 is 0 Å². The van der Waals surface area contributed by atoms with Gasteiger partial charge < -0.3 is 5.73 Å². The van der Waals surface area contributed by atoms with Crippen LogP contribution in [0.5, 0.6) is 0 Å². The third kappa shape index (κ3) is 3.05. The summed E-state index contributed by atoms with van der Waals surface area (Å²) >= 11 is 5.97. The smallest absolute Gasteiger partial charge is 0.0501 e. The van der Waals surface area contributed by atoms with Gasteiger partial charge in [0.2, 0.25) is 0 Å². The molecule has 18 heavy (non-hydrogen) atoms. The first-order valence-electron chi connectivity index (χ1n) is 6.94. The molecule has 0 aromatic heterocycles. The van der Waals surface area contributed by atoms with Crippen molar-refractivity contribution in [1.29, 1.82) is 0 Å². The second kappa shape index (κ2) is 6.05. The van der Waals surface area contributed by atoms with E-state index in [0.29, 0.717) is 6.04 Å². The van der Waals surface area contributed by atoms with E-state index in [2.05, 4.69) is 30.9 Å². The van der Waals surface area contributed by atoms with Gasteiger partial charge >= 0.3 is 0 Å². The van der Waals surface area contributed by atoms with Gasteiger partial charge in [0.05, 0.1) is 6.04 Å². The molecule has 0 aliphatic heterocycles. The first-order chi connectivity index (χ1) is 8.67. The summed E-state index contributed by atoms with van der Waals surface area (Å²) in [4.78, 5) is 2.55. The molecule has 1 fully saturated rings. The Bertz CT molecular complexity index is 373. The SMILES string of the molecule is CCC(N)C(c1ccc(Cl)cc1)N(CC)C1CC1. The molecule has 2 unspecified atom stereocenters. The molecule has 2 N–H and O–H groups in total. The zero-order chi connectivity index (χ0) is 13.1. The Morgan fingerprint density at radius 2 is 1.89 bits per heavy atom. The minimum Gasteiger partial charge on any atom is -0.326 e. The molecule has 0 bridgehead atoms. The zero-order valence-corrected chi connectivity index (χ0v) is 12.0. The molecule has 0 radical (unpaired) electrons. The summed E-state index contributed by atoms with van der Waals surface area (Å²) in [5, 5.41) is 0.789. The second-order valence-corrected chi connectivity index (χ2v) is 5.57. The highest BCUT2D eigenvalue weighted by Gasteiger charge is 2.35. The highest BCUT2D eigenvalue weighted by molar-refractivity contribution is 6.30. The number of halogens is 1. The van der Waals surface area contributed by atoms with Crippen LogP contribution >= 0.6 is 11.6 Å². The predicted octanol–water partition coefficient (Wildman–Crippen LogP) is 3.60. The van der Waals surface area contributed by atoms with Gasteiger partial charge in [-0.3, -0.25) is 4.90 Å². The van der Waals surface area contributed by atoms with Crippen molar-refractivity contribution < 1.29 is 0 Å². The number of rotatable bonds is 6. The molecule has 1 aliphatic rings. The summed E-state index contributed by atoms with van der Waals surface area (Å²) in [6, 6.07) is 9.41. The average molecular weight is 267 g/mol. The van der Waals surface area contributed by atoms with E-state index in [4.69, 9.17) is 17.3 Å². The normalized spacial score (nSPS) is 18.9. The summed E-state index contributed by atoms with van der Waals surface area (Å²) in [5.74, 6) is 0. The molecule has 2 rings (SSSR count). The molecule has 2 atom stereocenters. The van der Waals surface area contributed by atoms with E-state index in [1.165, 1.54) is 18.4 Å². The maximum atomic E-state index is 6.35. The van der Waals surface area contributed by atoms with Gasteiger partial charge in [-0.1, -0.05) is 37.6 Å². The largest absolute Gasteiger partial charge is 0.326 e. The number of hydrogen-bond donors (Lipinski definition) is 1.